The Bertz CT molecular complexity index is 704. The van der Waals surface area contributed by atoms with Crippen LogP contribution in [0.4, 0.5) is 0 Å². The second-order valence-corrected chi connectivity index (χ2v) is 5.10. The summed E-state index contributed by atoms with van der Waals surface area (Å²) in [4.78, 5) is 11.4. The molecule has 118 valence electrons. The standard InChI is InChI=1S/C16H21N3O3/c1-3-22-14(20)6-4-5-11-7-8-13(16(17)18-21)12-9-10-19(2)15(11)12/h7-10,21H,3-6H2,1-2H3,(H2,17,18). The number of hydrogen-bond acceptors (Lipinski definition) is 4. The number of carbonyl (C=O) groups excluding carboxylic acids is 1. The minimum absolute atomic E-state index is 0.0919. The average molecular weight is 303 g/mol. The summed E-state index contributed by atoms with van der Waals surface area (Å²) in [5, 5.41) is 12.9. The highest BCUT2D eigenvalue weighted by atomic mass is 16.5. The minimum atomic E-state index is -0.168. The van der Waals surface area contributed by atoms with Gasteiger partial charge in [-0.15, -0.1) is 0 Å². The van der Waals surface area contributed by atoms with Gasteiger partial charge in [0.05, 0.1) is 12.1 Å². The molecule has 0 amide bonds. The van der Waals surface area contributed by atoms with Crippen molar-refractivity contribution in [2.45, 2.75) is 26.2 Å². The molecule has 0 bridgehead atoms. The highest BCUT2D eigenvalue weighted by Gasteiger charge is 2.12. The van der Waals surface area contributed by atoms with Gasteiger partial charge in [0.15, 0.2) is 5.84 Å². The molecule has 1 aromatic carbocycles. The number of hydrogen-bond donors (Lipinski definition) is 2. The van der Waals surface area contributed by atoms with Gasteiger partial charge in [0.25, 0.3) is 0 Å². The smallest absolute Gasteiger partial charge is 0.305 e. The van der Waals surface area contributed by atoms with E-state index in [0.29, 0.717) is 18.6 Å². The Hall–Kier alpha value is -2.50. The van der Waals surface area contributed by atoms with Crippen molar-refractivity contribution in [2.24, 2.45) is 17.9 Å². The second-order valence-electron chi connectivity index (χ2n) is 5.10. The predicted octanol–water partition coefficient (Wildman–Crippen LogP) is 2.16. The number of aryl methyl sites for hydroxylation is 2. The number of nitrogens with zero attached hydrogens (tertiary/aromatic N) is 2. The van der Waals surface area contributed by atoms with Crippen LogP contribution in [0.15, 0.2) is 29.6 Å². The molecule has 1 heterocycles. The number of amidine groups is 1. The van der Waals surface area contributed by atoms with Crippen LogP contribution >= 0.6 is 0 Å². The Labute approximate surface area is 129 Å². The van der Waals surface area contributed by atoms with E-state index in [-0.39, 0.29) is 11.8 Å². The zero-order valence-electron chi connectivity index (χ0n) is 12.9. The van der Waals surface area contributed by atoms with Crippen molar-refractivity contribution in [3.05, 3.63) is 35.5 Å². The molecule has 2 rings (SSSR count). The lowest BCUT2D eigenvalue weighted by Crippen LogP contribution is -2.13. The topological polar surface area (TPSA) is 89.8 Å². The van der Waals surface area contributed by atoms with Crippen molar-refractivity contribution >= 4 is 22.7 Å². The van der Waals surface area contributed by atoms with Gasteiger partial charge in [-0.05, 0) is 31.4 Å². The first kappa shape index (κ1) is 15.9. The lowest BCUT2D eigenvalue weighted by atomic mass is 10.0. The molecule has 0 atom stereocenters. The Kier molecular flexibility index (Phi) is 5.04. The number of rotatable bonds is 6. The van der Waals surface area contributed by atoms with E-state index in [1.165, 1.54) is 0 Å². The number of esters is 1. The molecule has 1 aromatic heterocycles. The molecular weight excluding hydrogens is 282 g/mol. The van der Waals surface area contributed by atoms with Gasteiger partial charge < -0.3 is 20.2 Å². The summed E-state index contributed by atoms with van der Waals surface area (Å²) in [6.07, 6.45) is 3.83. The summed E-state index contributed by atoms with van der Waals surface area (Å²) in [5.41, 5.74) is 8.58. The van der Waals surface area contributed by atoms with Crippen LogP contribution in [-0.4, -0.2) is 28.2 Å². The lowest BCUT2D eigenvalue weighted by Gasteiger charge is -2.09. The number of ether oxygens (including phenoxy) is 1. The third kappa shape index (κ3) is 3.21. The van der Waals surface area contributed by atoms with Gasteiger partial charge in [0, 0.05) is 30.6 Å². The van der Waals surface area contributed by atoms with Gasteiger partial charge in [0.2, 0.25) is 0 Å². The van der Waals surface area contributed by atoms with Crippen molar-refractivity contribution in [3.63, 3.8) is 0 Å². The summed E-state index contributed by atoms with van der Waals surface area (Å²) >= 11 is 0. The fourth-order valence-corrected chi connectivity index (χ4v) is 2.63. The van der Waals surface area contributed by atoms with Crippen LogP contribution in [0, 0.1) is 0 Å². The van der Waals surface area contributed by atoms with Crippen molar-refractivity contribution in [1.29, 1.82) is 0 Å². The van der Waals surface area contributed by atoms with Gasteiger partial charge in [-0.25, -0.2) is 0 Å². The van der Waals surface area contributed by atoms with Crippen LogP contribution in [0.5, 0.6) is 0 Å². The molecule has 2 aromatic rings. The third-order valence-electron chi connectivity index (χ3n) is 3.63. The van der Waals surface area contributed by atoms with E-state index >= 15 is 0 Å². The third-order valence-corrected chi connectivity index (χ3v) is 3.63. The van der Waals surface area contributed by atoms with Crippen molar-refractivity contribution in [3.8, 4) is 0 Å². The first-order chi connectivity index (χ1) is 10.6. The van der Waals surface area contributed by atoms with Crippen molar-refractivity contribution in [2.75, 3.05) is 6.61 Å². The van der Waals surface area contributed by atoms with Gasteiger partial charge in [-0.2, -0.15) is 0 Å². The van der Waals surface area contributed by atoms with E-state index < -0.39 is 0 Å². The molecule has 0 saturated carbocycles. The number of carbonyl (C=O) groups is 1. The molecule has 0 aliphatic rings. The molecule has 22 heavy (non-hydrogen) atoms. The zero-order chi connectivity index (χ0) is 16.1. The van der Waals surface area contributed by atoms with Gasteiger partial charge >= 0.3 is 5.97 Å². The van der Waals surface area contributed by atoms with E-state index in [2.05, 4.69) is 5.16 Å². The van der Waals surface area contributed by atoms with Gasteiger partial charge in [0.1, 0.15) is 0 Å². The summed E-state index contributed by atoms with van der Waals surface area (Å²) < 4.78 is 6.94. The molecule has 0 aliphatic carbocycles. The number of aromatic nitrogens is 1. The molecule has 0 aliphatic heterocycles. The summed E-state index contributed by atoms with van der Waals surface area (Å²) in [6, 6.07) is 5.75. The maximum atomic E-state index is 11.4. The molecule has 0 saturated heterocycles. The molecule has 0 fully saturated rings. The van der Waals surface area contributed by atoms with Crippen molar-refractivity contribution < 1.29 is 14.7 Å². The SMILES string of the molecule is CCOC(=O)CCCc1ccc(C(N)=NO)c2ccn(C)c12. The van der Waals surface area contributed by atoms with E-state index in [0.717, 1.165) is 29.3 Å². The van der Waals surface area contributed by atoms with Crippen LogP contribution in [0.25, 0.3) is 10.9 Å². The highest BCUT2D eigenvalue weighted by molar-refractivity contribution is 6.09. The number of nitrogens with two attached hydrogens (primary N) is 1. The van der Waals surface area contributed by atoms with Gasteiger partial charge in [-0.1, -0.05) is 17.3 Å². The molecule has 6 nitrogen and oxygen atoms in total. The van der Waals surface area contributed by atoms with Crippen LogP contribution in [0.3, 0.4) is 0 Å². The van der Waals surface area contributed by atoms with E-state index in [1.54, 1.807) is 6.92 Å². The summed E-state index contributed by atoms with van der Waals surface area (Å²) in [5.74, 6) is -0.0758. The molecule has 0 unspecified atom stereocenters. The maximum absolute atomic E-state index is 11.4. The maximum Gasteiger partial charge on any atom is 0.305 e. The average Bonchev–Trinajstić information content (AvgIpc) is 2.89. The van der Waals surface area contributed by atoms with Crippen LogP contribution < -0.4 is 5.73 Å². The largest absolute Gasteiger partial charge is 0.466 e. The van der Waals surface area contributed by atoms with E-state index in [9.17, 15) is 4.79 Å². The van der Waals surface area contributed by atoms with Crippen LogP contribution in [0.2, 0.25) is 0 Å². The molecule has 0 radical (unpaired) electrons. The Morgan fingerprint density at radius 2 is 2.18 bits per heavy atom. The quantitative estimate of drug-likeness (QED) is 0.281. The Morgan fingerprint density at radius 1 is 1.41 bits per heavy atom. The number of fused-ring (bicyclic) bond motifs is 1. The van der Waals surface area contributed by atoms with Crippen molar-refractivity contribution in [1.82, 2.24) is 4.57 Å². The zero-order valence-corrected chi connectivity index (χ0v) is 12.9. The Balaban J connectivity index is 2.25. The fourth-order valence-electron chi connectivity index (χ4n) is 2.63. The molecule has 3 N–H and O–H groups in total. The highest BCUT2D eigenvalue weighted by Crippen LogP contribution is 2.25. The monoisotopic (exact) mass is 303 g/mol. The predicted molar refractivity (Wildman–Crippen MR) is 85.0 cm³/mol. The molecule has 6 heteroatoms. The van der Waals surface area contributed by atoms with Crippen LogP contribution in [-0.2, 0) is 23.0 Å². The van der Waals surface area contributed by atoms with Gasteiger partial charge in [-0.3, -0.25) is 4.79 Å². The second kappa shape index (κ2) is 6.98. The number of benzene rings is 1. The lowest BCUT2D eigenvalue weighted by molar-refractivity contribution is -0.143. The number of oxime groups is 1. The molecular formula is C16H21N3O3. The van der Waals surface area contributed by atoms with Crippen LogP contribution in [0.1, 0.15) is 30.9 Å². The fraction of sp³-hybridized carbons (Fsp3) is 0.375. The summed E-state index contributed by atoms with van der Waals surface area (Å²) in [6.45, 7) is 2.21. The van der Waals surface area contributed by atoms with E-state index in [1.807, 2.05) is 36.0 Å². The first-order valence-corrected chi connectivity index (χ1v) is 7.29. The van der Waals surface area contributed by atoms with E-state index in [4.69, 9.17) is 15.7 Å². The first-order valence-electron chi connectivity index (χ1n) is 7.29. The minimum Gasteiger partial charge on any atom is -0.466 e. The molecule has 0 spiro atoms. The summed E-state index contributed by atoms with van der Waals surface area (Å²) in [7, 11) is 1.95. The normalized spacial score (nSPS) is 11.8. The Morgan fingerprint density at radius 3 is 2.86 bits per heavy atom.